The SMILES string of the molecule is CC#C[C@]1(C(C)=O)CC[C@H]2[C@@H]3CCC4=CC(N=O)CCC4=C3C(c3ccc(N4CCCCC4)cc3)C[C@@]21C. The number of carbonyl (C=O) groups is 1. The summed E-state index contributed by atoms with van der Waals surface area (Å²) in [5.74, 6) is 8.17. The van der Waals surface area contributed by atoms with Crippen molar-refractivity contribution < 1.29 is 4.79 Å². The smallest absolute Gasteiger partial charge is 0.148 e. The van der Waals surface area contributed by atoms with E-state index in [2.05, 4.69) is 59.2 Å². The summed E-state index contributed by atoms with van der Waals surface area (Å²) in [6.07, 6.45) is 12.9. The van der Waals surface area contributed by atoms with Crippen LogP contribution in [0.3, 0.4) is 0 Å². The Bertz CT molecular complexity index is 1240. The molecule has 4 heteroatoms. The first-order chi connectivity index (χ1) is 18.4. The third kappa shape index (κ3) is 3.83. The molecular weight excluding hydrogens is 468 g/mol. The fourth-order valence-electron chi connectivity index (χ4n) is 9.34. The lowest BCUT2D eigenvalue weighted by atomic mass is 9.48. The quantitative estimate of drug-likeness (QED) is 0.307. The molecule has 0 bridgehead atoms. The maximum Gasteiger partial charge on any atom is 0.148 e. The van der Waals surface area contributed by atoms with Gasteiger partial charge in [-0.1, -0.05) is 41.8 Å². The van der Waals surface area contributed by atoms with E-state index in [9.17, 15) is 9.70 Å². The maximum atomic E-state index is 13.4. The molecule has 4 aliphatic carbocycles. The van der Waals surface area contributed by atoms with Crippen LogP contribution in [0.25, 0.3) is 0 Å². The Morgan fingerprint density at radius 2 is 1.82 bits per heavy atom. The van der Waals surface area contributed by atoms with Crippen LogP contribution in [0.1, 0.15) is 96.5 Å². The number of benzene rings is 1. The van der Waals surface area contributed by atoms with E-state index in [1.807, 2.05) is 6.92 Å². The van der Waals surface area contributed by atoms with E-state index >= 15 is 0 Å². The van der Waals surface area contributed by atoms with E-state index in [0.29, 0.717) is 11.8 Å². The Morgan fingerprint density at radius 1 is 1.05 bits per heavy atom. The van der Waals surface area contributed by atoms with Crippen molar-refractivity contribution in [3.8, 4) is 11.8 Å². The molecule has 1 heterocycles. The summed E-state index contributed by atoms with van der Waals surface area (Å²) < 4.78 is 0. The zero-order valence-electron chi connectivity index (χ0n) is 23.4. The number of hydrogen-bond acceptors (Lipinski definition) is 4. The second-order valence-electron chi connectivity index (χ2n) is 12.8. The molecule has 5 aliphatic rings. The molecule has 0 amide bonds. The molecule has 0 aromatic heterocycles. The van der Waals surface area contributed by atoms with Crippen LogP contribution in [0.5, 0.6) is 0 Å². The van der Waals surface area contributed by atoms with Gasteiger partial charge in [0.1, 0.15) is 11.8 Å². The molecule has 200 valence electrons. The Morgan fingerprint density at radius 3 is 2.50 bits per heavy atom. The van der Waals surface area contributed by atoms with Gasteiger partial charge in [-0.15, -0.1) is 5.92 Å². The van der Waals surface area contributed by atoms with Gasteiger partial charge < -0.3 is 4.90 Å². The van der Waals surface area contributed by atoms with Crippen molar-refractivity contribution in [2.24, 2.45) is 27.8 Å². The number of nitrogens with zero attached hydrogens (tertiary/aromatic N) is 2. The lowest BCUT2D eigenvalue weighted by molar-refractivity contribution is -0.130. The predicted molar refractivity (Wildman–Crippen MR) is 154 cm³/mol. The van der Waals surface area contributed by atoms with Crippen LogP contribution in [0.15, 0.2) is 52.2 Å². The Labute approximate surface area is 228 Å². The number of nitroso groups, excluding NO2 is 1. The average molecular weight is 511 g/mol. The third-order valence-electron chi connectivity index (χ3n) is 11.1. The molecule has 2 saturated carbocycles. The molecule has 4 nitrogen and oxygen atoms in total. The number of hydrogen-bond donors (Lipinski definition) is 0. The summed E-state index contributed by atoms with van der Waals surface area (Å²) in [4.78, 5) is 27.3. The van der Waals surface area contributed by atoms with Crippen molar-refractivity contribution in [2.75, 3.05) is 18.0 Å². The number of Topliss-reactive ketones (excluding diaryl/α,β-unsaturated/α-hetero) is 1. The van der Waals surface area contributed by atoms with Crippen LogP contribution in [0.2, 0.25) is 0 Å². The van der Waals surface area contributed by atoms with Gasteiger partial charge in [-0.3, -0.25) is 4.79 Å². The summed E-state index contributed by atoms with van der Waals surface area (Å²) in [7, 11) is 0. The molecule has 6 rings (SSSR count). The minimum absolute atomic E-state index is 0.143. The van der Waals surface area contributed by atoms with E-state index in [0.717, 1.165) is 58.0 Å². The van der Waals surface area contributed by atoms with Gasteiger partial charge in [0.05, 0.1) is 5.41 Å². The highest BCUT2D eigenvalue weighted by Gasteiger charge is 2.64. The highest BCUT2D eigenvalue weighted by Crippen LogP contribution is 2.69. The number of ketones is 1. The normalized spacial score (nSPS) is 36.3. The number of anilines is 1. The largest absolute Gasteiger partial charge is 0.372 e. The minimum Gasteiger partial charge on any atom is -0.372 e. The van der Waals surface area contributed by atoms with E-state index in [4.69, 9.17) is 0 Å². The van der Waals surface area contributed by atoms with Gasteiger partial charge in [0, 0.05) is 24.7 Å². The van der Waals surface area contributed by atoms with Gasteiger partial charge in [0.2, 0.25) is 0 Å². The van der Waals surface area contributed by atoms with Crippen LogP contribution in [0, 0.1) is 39.4 Å². The van der Waals surface area contributed by atoms with Crippen LogP contribution >= 0.6 is 0 Å². The number of rotatable bonds is 4. The molecule has 38 heavy (non-hydrogen) atoms. The van der Waals surface area contributed by atoms with Crippen molar-refractivity contribution in [1.82, 2.24) is 0 Å². The molecule has 1 saturated heterocycles. The van der Waals surface area contributed by atoms with E-state index in [1.165, 1.54) is 41.7 Å². The lowest BCUT2D eigenvalue weighted by Gasteiger charge is -2.54. The van der Waals surface area contributed by atoms with E-state index in [1.54, 1.807) is 12.5 Å². The number of fused-ring (bicyclic) bond motifs is 4. The number of carbonyl (C=O) groups excluding carboxylic acids is 1. The zero-order chi connectivity index (χ0) is 26.5. The summed E-state index contributed by atoms with van der Waals surface area (Å²) in [5, 5.41) is 3.39. The molecule has 2 unspecified atom stereocenters. The van der Waals surface area contributed by atoms with Crippen molar-refractivity contribution in [2.45, 2.75) is 96.9 Å². The summed E-state index contributed by atoms with van der Waals surface area (Å²) in [6, 6.07) is 9.23. The van der Waals surface area contributed by atoms with Crippen molar-refractivity contribution in [3.63, 3.8) is 0 Å². The highest BCUT2D eigenvalue weighted by atomic mass is 16.3. The molecule has 3 fully saturated rings. The zero-order valence-corrected chi connectivity index (χ0v) is 23.4. The predicted octanol–water partition coefficient (Wildman–Crippen LogP) is 7.74. The van der Waals surface area contributed by atoms with Crippen LogP contribution in [0.4, 0.5) is 5.69 Å². The van der Waals surface area contributed by atoms with Gasteiger partial charge in [0.15, 0.2) is 0 Å². The first-order valence-electron chi connectivity index (χ1n) is 15.0. The average Bonchev–Trinajstić information content (AvgIpc) is 3.25. The molecule has 0 spiro atoms. The molecule has 1 aliphatic heterocycles. The Balaban J connectivity index is 1.47. The second-order valence-corrected chi connectivity index (χ2v) is 12.8. The molecule has 0 N–H and O–H groups in total. The molecule has 6 atom stereocenters. The Kier molecular flexibility index (Phi) is 6.61. The molecule has 0 radical (unpaired) electrons. The fraction of sp³-hybridized carbons (Fsp3) is 0.618. The molecule has 1 aromatic rings. The van der Waals surface area contributed by atoms with Crippen LogP contribution in [-0.4, -0.2) is 24.9 Å². The van der Waals surface area contributed by atoms with Gasteiger partial charge in [-0.2, -0.15) is 4.91 Å². The second kappa shape index (κ2) is 9.82. The maximum absolute atomic E-state index is 13.4. The van der Waals surface area contributed by atoms with Gasteiger partial charge in [-0.25, -0.2) is 0 Å². The van der Waals surface area contributed by atoms with Crippen molar-refractivity contribution in [1.29, 1.82) is 0 Å². The molecule has 1 aromatic carbocycles. The topological polar surface area (TPSA) is 49.7 Å². The highest BCUT2D eigenvalue weighted by molar-refractivity contribution is 5.87. The van der Waals surface area contributed by atoms with Gasteiger partial charge in [0.25, 0.3) is 0 Å². The third-order valence-corrected chi connectivity index (χ3v) is 11.1. The lowest BCUT2D eigenvalue weighted by Crippen LogP contribution is -2.50. The summed E-state index contributed by atoms with van der Waals surface area (Å²) >= 11 is 0. The first-order valence-corrected chi connectivity index (χ1v) is 15.0. The Hall–Kier alpha value is -2.67. The van der Waals surface area contributed by atoms with Gasteiger partial charge >= 0.3 is 0 Å². The molecular formula is C34H42N2O2. The van der Waals surface area contributed by atoms with Crippen LogP contribution in [-0.2, 0) is 4.79 Å². The van der Waals surface area contributed by atoms with Crippen LogP contribution < -0.4 is 4.90 Å². The van der Waals surface area contributed by atoms with E-state index in [-0.39, 0.29) is 23.2 Å². The summed E-state index contributed by atoms with van der Waals surface area (Å²) in [6.45, 7) is 8.37. The number of piperidine rings is 1. The fourth-order valence-corrected chi connectivity index (χ4v) is 9.34. The number of allylic oxidation sites excluding steroid dienone is 3. The minimum atomic E-state index is -0.552. The standard InChI is InChI=1S/C34H42N2O2/c1-4-17-34(23(2)37)18-16-31-29-14-10-25-21-26(35-38)11-15-28(25)32(29)30(22-33(31,34)3)24-8-12-27(13-9-24)36-19-6-5-7-20-36/h8-9,12-13,21,26,29-31H,5-7,10-11,14-16,18-20,22H2,1-3H3/t26?,29-,30?,31-,33-,34+/m0/s1. The van der Waals surface area contributed by atoms with E-state index < -0.39 is 5.41 Å². The first kappa shape index (κ1) is 25.6. The van der Waals surface area contributed by atoms with Crippen molar-refractivity contribution in [3.05, 3.63) is 57.5 Å². The monoisotopic (exact) mass is 510 g/mol. The van der Waals surface area contributed by atoms with Gasteiger partial charge in [-0.05, 0) is 124 Å². The summed E-state index contributed by atoms with van der Waals surface area (Å²) in [5.41, 5.74) is 6.51. The van der Waals surface area contributed by atoms with Crippen molar-refractivity contribution >= 4 is 11.5 Å².